The molecule has 1 heterocycles. The summed E-state index contributed by atoms with van der Waals surface area (Å²) in [5.41, 5.74) is 0.164. The summed E-state index contributed by atoms with van der Waals surface area (Å²) < 4.78 is 72.1. The molecule has 0 bridgehead atoms. The van der Waals surface area contributed by atoms with E-state index in [9.17, 15) is 22.4 Å². The molecule has 0 saturated carbocycles. The lowest BCUT2D eigenvalue weighted by atomic mass is 10.1. The van der Waals surface area contributed by atoms with Crippen molar-refractivity contribution >= 4 is 5.97 Å². The highest BCUT2D eigenvalue weighted by Crippen LogP contribution is 2.30. The Morgan fingerprint density at radius 1 is 1.13 bits per heavy atom. The maximum absolute atomic E-state index is 13.8. The van der Waals surface area contributed by atoms with Crippen LogP contribution >= 0.6 is 0 Å². The van der Waals surface area contributed by atoms with Crippen LogP contribution in [0.3, 0.4) is 0 Å². The number of carbonyl (C=O) groups excluding carboxylic acids is 1. The molecule has 3 rings (SSSR count). The fourth-order valence-corrected chi connectivity index (χ4v) is 2.71. The molecule has 31 heavy (non-hydrogen) atoms. The first-order chi connectivity index (χ1) is 14.9. The Kier molecular flexibility index (Phi) is 7.11. The van der Waals surface area contributed by atoms with Gasteiger partial charge in [-0.2, -0.15) is 8.78 Å². The van der Waals surface area contributed by atoms with Crippen LogP contribution < -0.4 is 9.47 Å². The van der Waals surface area contributed by atoms with Gasteiger partial charge in [-0.3, -0.25) is 4.79 Å². The highest BCUT2D eigenvalue weighted by Gasteiger charge is 2.17. The second-order valence-corrected chi connectivity index (χ2v) is 6.24. The Bertz CT molecular complexity index is 1030. The second-order valence-electron chi connectivity index (χ2n) is 6.24. The summed E-state index contributed by atoms with van der Waals surface area (Å²) in [6.45, 7) is -3.12. The lowest BCUT2D eigenvalue weighted by molar-refractivity contribution is -0.145. The van der Waals surface area contributed by atoms with Crippen molar-refractivity contribution in [1.29, 1.82) is 0 Å². The fourth-order valence-electron chi connectivity index (χ4n) is 2.71. The summed E-state index contributed by atoms with van der Waals surface area (Å²) >= 11 is 0. The predicted octanol–water partition coefficient (Wildman–Crippen LogP) is 4.91. The van der Waals surface area contributed by atoms with E-state index in [-0.39, 0.29) is 48.2 Å². The molecule has 0 atom stereocenters. The van der Waals surface area contributed by atoms with Gasteiger partial charge in [0.25, 0.3) is 0 Å². The van der Waals surface area contributed by atoms with Gasteiger partial charge in [0.15, 0.2) is 23.1 Å². The van der Waals surface area contributed by atoms with Gasteiger partial charge in [0.2, 0.25) is 0 Å². The van der Waals surface area contributed by atoms with E-state index in [1.54, 1.807) is 0 Å². The first kappa shape index (κ1) is 22.1. The van der Waals surface area contributed by atoms with E-state index in [2.05, 4.69) is 9.72 Å². The van der Waals surface area contributed by atoms with E-state index in [0.717, 1.165) is 12.1 Å². The molecule has 0 amide bonds. The highest BCUT2D eigenvalue weighted by molar-refractivity contribution is 5.69. The van der Waals surface area contributed by atoms with Gasteiger partial charge in [0, 0.05) is 6.42 Å². The number of hydrogen-bond acceptors (Lipinski definition) is 6. The van der Waals surface area contributed by atoms with Gasteiger partial charge in [-0.1, -0.05) is 12.1 Å². The van der Waals surface area contributed by atoms with Crippen LogP contribution in [0.2, 0.25) is 0 Å². The molecule has 0 unspecified atom stereocenters. The van der Waals surface area contributed by atoms with Crippen LogP contribution in [0, 0.1) is 11.6 Å². The Morgan fingerprint density at radius 3 is 2.55 bits per heavy atom. The van der Waals surface area contributed by atoms with Crippen LogP contribution in [0.15, 0.2) is 47.0 Å². The van der Waals surface area contributed by atoms with Gasteiger partial charge in [-0.25, -0.2) is 13.8 Å². The van der Waals surface area contributed by atoms with E-state index in [1.807, 2.05) is 0 Å². The van der Waals surface area contributed by atoms with Gasteiger partial charge in [0.05, 0.1) is 25.3 Å². The Labute approximate surface area is 174 Å². The van der Waals surface area contributed by atoms with Gasteiger partial charge < -0.3 is 18.6 Å². The van der Waals surface area contributed by atoms with Gasteiger partial charge >= 0.3 is 12.6 Å². The molecule has 3 aromatic rings. The third kappa shape index (κ3) is 5.74. The molecule has 0 N–H and O–H groups in total. The molecule has 0 radical (unpaired) electrons. The quantitative estimate of drug-likeness (QED) is 0.349. The molecule has 0 aliphatic heterocycles. The second kappa shape index (κ2) is 9.96. The molecule has 0 saturated heterocycles. The molecular weight excluding hydrogens is 422 g/mol. The lowest BCUT2D eigenvalue weighted by Crippen LogP contribution is -2.07. The number of aromatic nitrogens is 1. The largest absolute Gasteiger partial charge is 0.493 e. The number of methoxy groups -OCH3 is 1. The smallest absolute Gasteiger partial charge is 0.387 e. The van der Waals surface area contributed by atoms with E-state index in [4.69, 9.17) is 13.9 Å². The van der Waals surface area contributed by atoms with Crippen molar-refractivity contribution < 1.29 is 41.0 Å². The van der Waals surface area contributed by atoms with Crippen molar-refractivity contribution in [3.05, 3.63) is 65.7 Å². The average Bonchev–Trinajstić information content (AvgIpc) is 3.19. The first-order valence-electron chi connectivity index (χ1n) is 9.03. The molecule has 0 fully saturated rings. The molecule has 1 aromatic heterocycles. The number of esters is 1. The van der Waals surface area contributed by atoms with Crippen molar-refractivity contribution in [2.75, 3.05) is 7.11 Å². The average molecular weight is 439 g/mol. The Hall–Kier alpha value is -3.56. The van der Waals surface area contributed by atoms with Gasteiger partial charge in [-0.05, 0) is 29.8 Å². The standard InChI is InChI=1S/C21H17F4NO5/c1-28-16-9-12(5-6-15(16)31-21(24)25)11-29-19(27)8-7-18-26-10-17(30-18)20-13(22)3-2-4-14(20)23/h2-6,9-10,21H,7-8,11H2,1H3. The van der Waals surface area contributed by atoms with Gasteiger partial charge in [-0.15, -0.1) is 0 Å². The molecule has 164 valence electrons. The van der Waals surface area contributed by atoms with Crippen molar-refractivity contribution in [3.63, 3.8) is 0 Å². The number of hydrogen-bond donors (Lipinski definition) is 0. The number of oxazole rings is 1. The molecule has 2 aromatic carbocycles. The molecule has 0 spiro atoms. The van der Waals surface area contributed by atoms with Crippen LogP contribution in [0.25, 0.3) is 11.3 Å². The summed E-state index contributed by atoms with van der Waals surface area (Å²) in [5.74, 6) is -2.20. The van der Waals surface area contributed by atoms with Crippen LogP contribution in [0.4, 0.5) is 17.6 Å². The number of carbonyl (C=O) groups is 1. The summed E-state index contributed by atoms with van der Waals surface area (Å²) in [4.78, 5) is 15.9. The number of alkyl halides is 2. The third-order valence-corrected chi connectivity index (χ3v) is 4.15. The molecule has 0 aliphatic rings. The van der Waals surface area contributed by atoms with Gasteiger partial charge in [0.1, 0.15) is 18.2 Å². The maximum atomic E-state index is 13.8. The zero-order valence-corrected chi connectivity index (χ0v) is 16.2. The van der Waals surface area contributed by atoms with Crippen LogP contribution in [-0.2, 0) is 22.6 Å². The number of benzene rings is 2. The van der Waals surface area contributed by atoms with Crippen molar-refractivity contribution in [3.8, 4) is 22.8 Å². The predicted molar refractivity (Wildman–Crippen MR) is 99.6 cm³/mol. The zero-order chi connectivity index (χ0) is 22.4. The normalized spacial score (nSPS) is 10.9. The van der Waals surface area contributed by atoms with Crippen LogP contribution in [0.5, 0.6) is 11.5 Å². The molecule has 10 heteroatoms. The summed E-state index contributed by atoms with van der Waals surface area (Å²) in [7, 11) is 1.29. The topological polar surface area (TPSA) is 70.8 Å². The number of aryl methyl sites for hydroxylation is 1. The third-order valence-electron chi connectivity index (χ3n) is 4.15. The van der Waals surface area contributed by atoms with Crippen molar-refractivity contribution in [2.24, 2.45) is 0 Å². The summed E-state index contributed by atoms with van der Waals surface area (Å²) in [6, 6.07) is 7.57. The van der Waals surface area contributed by atoms with E-state index in [1.165, 1.54) is 37.6 Å². The van der Waals surface area contributed by atoms with E-state index < -0.39 is 24.2 Å². The Balaban J connectivity index is 1.54. The summed E-state index contributed by atoms with van der Waals surface area (Å²) in [5, 5.41) is 0. The Morgan fingerprint density at radius 2 is 1.87 bits per heavy atom. The lowest BCUT2D eigenvalue weighted by Gasteiger charge is -2.11. The number of rotatable bonds is 9. The van der Waals surface area contributed by atoms with Crippen molar-refractivity contribution in [1.82, 2.24) is 4.98 Å². The highest BCUT2D eigenvalue weighted by atomic mass is 19.3. The minimum Gasteiger partial charge on any atom is -0.493 e. The number of nitrogens with zero attached hydrogens (tertiary/aromatic N) is 1. The molecule has 6 nitrogen and oxygen atoms in total. The number of ether oxygens (including phenoxy) is 3. The summed E-state index contributed by atoms with van der Waals surface area (Å²) in [6.07, 6.45) is 1.14. The first-order valence-corrected chi connectivity index (χ1v) is 9.03. The maximum Gasteiger partial charge on any atom is 0.387 e. The number of halogens is 4. The molecule has 0 aliphatic carbocycles. The molecular formula is C21H17F4NO5. The van der Waals surface area contributed by atoms with Crippen molar-refractivity contribution in [2.45, 2.75) is 26.1 Å². The van der Waals surface area contributed by atoms with Crippen LogP contribution in [0.1, 0.15) is 17.9 Å². The minimum atomic E-state index is -3.00. The monoisotopic (exact) mass is 439 g/mol. The fraction of sp³-hybridized carbons (Fsp3) is 0.238. The SMILES string of the molecule is COc1cc(COC(=O)CCc2ncc(-c3c(F)cccc3F)o2)ccc1OC(F)F. The van der Waals surface area contributed by atoms with E-state index in [0.29, 0.717) is 5.56 Å². The van der Waals surface area contributed by atoms with E-state index >= 15 is 0 Å². The van der Waals surface area contributed by atoms with Crippen LogP contribution in [-0.4, -0.2) is 24.7 Å². The zero-order valence-electron chi connectivity index (χ0n) is 16.2. The minimum absolute atomic E-state index is 0.0550.